The fourth-order valence-electron chi connectivity index (χ4n) is 3.76. The monoisotopic (exact) mass is 378 g/mol. The topological polar surface area (TPSA) is 49.5 Å². The first kappa shape index (κ1) is 20.6. The summed E-state index contributed by atoms with van der Waals surface area (Å²) in [4.78, 5) is 0. The number of ether oxygens (including phenoxy) is 5. The van der Waals surface area contributed by atoms with Gasteiger partial charge >= 0.3 is 0 Å². The zero-order valence-electron chi connectivity index (χ0n) is 16.9. The fourth-order valence-corrected chi connectivity index (χ4v) is 3.76. The minimum Gasteiger partial charge on any atom is -0.497 e. The van der Waals surface area contributed by atoms with Crippen LogP contribution in [0, 0.1) is 5.92 Å². The number of rotatable bonds is 11. The molecule has 0 amide bonds. The molecule has 0 aliphatic carbocycles. The van der Waals surface area contributed by atoms with Gasteiger partial charge in [0, 0.05) is 26.6 Å². The van der Waals surface area contributed by atoms with Crippen molar-refractivity contribution in [3.63, 3.8) is 0 Å². The van der Waals surface area contributed by atoms with Crippen LogP contribution in [-0.4, -0.2) is 51.8 Å². The number of methoxy groups -OCH3 is 2. The lowest BCUT2D eigenvalue weighted by atomic mass is 9.88. The highest BCUT2D eigenvalue weighted by molar-refractivity contribution is 5.26. The number of hydrogen-bond donors (Lipinski definition) is 0. The Morgan fingerprint density at radius 3 is 2.52 bits per heavy atom. The molecule has 0 saturated carbocycles. The minimum absolute atomic E-state index is 0.232. The summed E-state index contributed by atoms with van der Waals surface area (Å²) in [6, 6.07) is 8.02. The molecule has 2 fully saturated rings. The summed E-state index contributed by atoms with van der Waals surface area (Å²) >= 11 is 0. The summed E-state index contributed by atoms with van der Waals surface area (Å²) < 4.78 is 28.4. The summed E-state index contributed by atoms with van der Waals surface area (Å²) in [5.74, 6) is 1.45. The van der Waals surface area contributed by atoms with Crippen LogP contribution in [0.25, 0.3) is 0 Å². The lowest BCUT2D eigenvalue weighted by molar-refractivity contribution is -0.108. The smallest absolute Gasteiger partial charge is 0.118 e. The molecular weight excluding hydrogens is 344 g/mol. The van der Waals surface area contributed by atoms with Crippen LogP contribution in [0.5, 0.6) is 5.75 Å². The first-order chi connectivity index (χ1) is 13.2. The Balaban J connectivity index is 1.36. The summed E-state index contributed by atoms with van der Waals surface area (Å²) in [6.07, 6.45) is 6.41. The van der Waals surface area contributed by atoms with E-state index < -0.39 is 0 Å². The van der Waals surface area contributed by atoms with Gasteiger partial charge in [-0.2, -0.15) is 0 Å². The molecule has 5 atom stereocenters. The van der Waals surface area contributed by atoms with Gasteiger partial charge in [-0.15, -0.1) is 0 Å². The number of hydrogen-bond acceptors (Lipinski definition) is 5. The molecule has 0 radical (unpaired) electrons. The van der Waals surface area contributed by atoms with Gasteiger partial charge in [0.1, 0.15) is 5.75 Å². The Labute approximate surface area is 163 Å². The molecule has 2 heterocycles. The van der Waals surface area contributed by atoms with Gasteiger partial charge < -0.3 is 23.7 Å². The van der Waals surface area contributed by atoms with Gasteiger partial charge in [-0.05, 0) is 42.9 Å². The van der Waals surface area contributed by atoms with E-state index >= 15 is 0 Å². The fraction of sp³-hybridized carbons (Fsp3) is 0.727. The van der Waals surface area contributed by atoms with Crippen molar-refractivity contribution >= 4 is 0 Å². The van der Waals surface area contributed by atoms with E-state index in [1.165, 1.54) is 6.42 Å². The van der Waals surface area contributed by atoms with Gasteiger partial charge in [-0.25, -0.2) is 0 Å². The Hall–Kier alpha value is -1.14. The molecular formula is C22H34O5. The van der Waals surface area contributed by atoms with Crippen LogP contribution in [0.3, 0.4) is 0 Å². The van der Waals surface area contributed by atoms with E-state index in [1.54, 1.807) is 14.2 Å². The summed E-state index contributed by atoms with van der Waals surface area (Å²) in [5.41, 5.74) is 1.16. The van der Waals surface area contributed by atoms with Crippen LogP contribution in [0.4, 0.5) is 0 Å². The molecule has 2 aliphatic rings. The van der Waals surface area contributed by atoms with Crippen LogP contribution in [0.1, 0.15) is 44.6 Å². The van der Waals surface area contributed by atoms with E-state index in [0.717, 1.165) is 50.2 Å². The van der Waals surface area contributed by atoms with Crippen LogP contribution in [0.2, 0.25) is 0 Å². The molecule has 0 unspecified atom stereocenters. The molecule has 0 spiro atoms. The molecule has 1 aromatic rings. The van der Waals surface area contributed by atoms with Gasteiger partial charge in [0.05, 0.1) is 44.7 Å². The molecule has 152 valence electrons. The highest BCUT2D eigenvalue weighted by Gasteiger charge is 2.33. The van der Waals surface area contributed by atoms with Crippen molar-refractivity contribution in [2.45, 2.75) is 70.1 Å². The van der Waals surface area contributed by atoms with E-state index in [0.29, 0.717) is 18.6 Å². The Morgan fingerprint density at radius 1 is 1.07 bits per heavy atom. The standard InChI is InChI=1S/C22H34O5/c1-16-4-7-19(27-22(16)13-20(24-3)12-21-15-26-21)10-11-25-14-17-5-8-18(23-2)9-6-17/h5-6,8-9,16,19-22H,4,7,10-15H2,1-3H3/t16-,19-,20-,21+,22+/m0/s1. The largest absolute Gasteiger partial charge is 0.497 e. The second-order valence-corrected chi connectivity index (χ2v) is 7.82. The average molecular weight is 379 g/mol. The van der Waals surface area contributed by atoms with E-state index in [4.69, 9.17) is 23.7 Å². The van der Waals surface area contributed by atoms with Gasteiger partial charge in [0.25, 0.3) is 0 Å². The van der Waals surface area contributed by atoms with Crippen molar-refractivity contribution in [3.8, 4) is 5.75 Å². The van der Waals surface area contributed by atoms with E-state index in [2.05, 4.69) is 6.92 Å². The molecule has 3 rings (SSSR count). The second kappa shape index (κ2) is 10.4. The van der Waals surface area contributed by atoms with Crippen LogP contribution < -0.4 is 4.74 Å². The maximum Gasteiger partial charge on any atom is 0.118 e. The third-order valence-electron chi connectivity index (χ3n) is 5.71. The second-order valence-electron chi connectivity index (χ2n) is 7.82. The van der Waals surface area contributed by atoms with E-state index in [-0.39, 0.29) is 18.3 Å². The van der Waals surface area contributed by atoms with Crippen LogP contribution in [-0.2, 0) is 25.6 Å². The third-order valence-corrected chi connectivity index (χ3v) is 5.71. The van der Waals surface area contributed by atoms with Gasteiger partial charge in [-0.1, -0.05) is 19.1 Å². The maximum absolute atomic E-state index is 6.40. The maximum atomic E-state index is 6.40. The highest BCUT2D eigenvalue weighted by atomic mass is 16.6. The van der Waals surface area contributed by atoms with Crippen molar-refractivity contribution in [1.29, 1.82) is 0 Å². The predicted octanol–water partition coefficient (Wildman–Crippen LogP) is 3.98. The molecule has 27 heavy (non-hydrogen) atoms. The molecule has 0 bridgehead atoms. The Bertz CT molecular complexity index is 542. The molecule has 5 heteroatoms. The van der Waals surface area contributed by atoms with Crippen molar-refractivity contribution in [2.24, 2.45) is 5.92 Å². The zero-order chi connectivity index (χ0) is 19.1. The van der Waals surface area contributed by atoms with E-state index in [9.17, 15) is 0 Å². The van der Waals surface area contributed by atoms with Crippen molar-refractivity contribution in [1.82, 2.24) is 0 Å². The molecule has 5 nitrogen and oxygen atoms in total. The molecule has 2 aliphatic heterocycles. The first-order valence-electron chi connectivity index (χ1n) is 10.2. The van der Waals surface area contributed by atoms with Gasteiger partial charge in [0.15, 0.2) is 0 Å². The van der Waals surface area contributed by atoms with Crippen LogP contribution in [0.15, 0.2) is 24.3 Å². The van der Waals surface area contributed by atoms with Gasteiger partial charge in [0.2, 0.25) is 0 Å². The Morgan fingerprint density at radius 2 is 1.85 bits per heavy atom. The summed E-state index contributed by atoms with van der Waals surface area (Å²) in [5, 5.41) is 0. The average Bonchev–Trinajstić information content (AvgIpc) is 3.51. The zero-order valence-corrected chi connectivity index (χ0v) is 16.9. The molecule has 0 aromatic heterocycles. The summed E-state index contributed by atoms with van der Waals surface area (Å²) in [6.45, 7) is 4.53. The lowest BCUT2D eigenvalue weighted by Gasteiger charge is -2.36. The highest BCUT2D eigenvalue weighted by Crippen LogP contribution is 2.31. The van der Waals surface area contributed by atoms with Gasteiger partial charge in [-0.3, -0.25) is 0 Å². The lowest BCUT2D eigenvalue weighted by Crippen LogP contribution is -2.37. The molecule has 0 N–H and O–H groups in total. The van der Waals surface area contributed by atoms with Crippen molar-refractivity contribution in [3.05, 3.63) is 29.8 Å². The quantitative estimate of drug-likeness (QED) is 0.431. The predicted molar refractivity (Wildman–Crippen MR) is 104 cm³/mol. The minimum atomic E-state index is 0.232. The number of epoxide rings is 1. The normalized spacial score (nSPS) is 28.7. The SMILES string of the molecule is COc1ccc(COCC[C@@H]2CC[C@H](C)[C@@H](C[C@H](C[C@@H]3CO3)OC)O2)cc1. The Kier molecular flexibility index (Phi) is 7.94. The number of benzene rings is 1. The molecule has 1 aromatic carbocycles. The van der Waals surface area contributed by atoms with E-state index in [1.807, 2.05) is 24.3 Å². The van der Waals surface area contributed by atoms with Crippen molar-refractivity contribution in [2.75, 3.05) is 27.4 Å². The van der Waals surface area contributed by atoms with Crippen molar-refractivity contribution < 1.29 is 23.7 Å². The van der Waals surface area contributed by atoms with Crippen LogP contribution >= 0.6 is 0 Å². The molecule has 2 saturated heterocycles. The first-order valence-corrected chi connectivity index (χ1v) is 10.2. The summed E-state index contributed by atoms with van der Waals surface area (Å²) in [7, 11) is 3.48. The third kappa shape index (κ3) is 6.75.